The number of phenolic OH excluding ortho intramolecular Hbond substituents is 1. The molecule has 1 rings (SSSR count). The van der Waals surface area contributed by atoms with Gasteiger partial charge in [-0.15, -0.1) is 0 Å². The Kier molecular flexibility index (Phi) is 1.84. The molecule has 1 aromatic rings. The van der Waals surface area contributed by atoms with Gasteiger partial charge in [0.25, 0.3) is 0 Å². The van der Waals surface area contributed by atoms with E-state index in [2.05, 4.69) is 12.1 Å². The summed E-state index contributed by atoms with van der Waals surface area (Å²) in [6, 6.07) is 6.22. The third kappa shape index (κ3) is 1.50. The van der Waals surface area contributed by atoms with Crippen molar-refractivity contribution in [2.24, 2.45) is 0 Å². The number of rotatable bonds is 0. The average molecular weight is 161 g/mol. The van der Waals surface area contributed by atoms with E-state index in [-0.39, 0.29) is 15.8 Å². The second-order valence-corrected chi connectivity index (χ2v) is 2.18. The Morgan fingerprint density at radius 3 is 2.44 bits per heavy atom. The van der Waals surface area contributed by atoms with Crippen LogP contribution in [0.15, 0.2) is 6.07 Å². The van der Waals surface area contributed by atoms with Crippen LogP contribution in [0.5, 0.6) is 5.75 Å². The molecule has 1 nitrogen and oxygen atoms in total. The van der Waals surface area contributed by atoms with E-state index in [4.69, 9.17) is 28.3 Å². The van der Waals surface area contributed by atoms with E-state index in [1.54, 1.807) is 0 Å². The predicted octanol–water partition coefficient (Wildman–Crippen LogP) is 2.30. The first kappa shape index (κ1) is 6.72. The van der Waals surface area contributed by atoms with Crippen molar-refractivity contribution in [3.63, 3.8) is 0 Å². The molecule has 0 aliphatic rings. The van der Waals surface area contributed by atoms with Crippen molar-refractivity contribution >= 4 is 23.2 Å². The van der Waals surface area contributed by atoms with Gasteiger partial charge in [0.05, 0.1) is 10.0 Å². The van der Waals surface area contributed by atoms with Crippen molar-refractivity contribution < 1.29 is 5.11 Å². The van der Waals surface area contributed by atoms with E-state index in [1.807, 2.05) is 0 Å². The summed E-state index contributed by atoms with van der Waals surface area (Å²) >= 11 is 10.9. The van der Waals surface area contributed by atoms with Gasteiger partial charge >= 0.3 is 0 Å². The van der Waals surface area contributed by atoms with Crippen LogP contribution in [0.25, 0.3) is 0 Å². The molecular weight excluding hydrogens is 159 g/mol. The van der Waals surface area contributed by atoms with Gasteiger partial charge in [0.1, 0.15) is 5.75 Å². The SMILES string of the molecule is Oc1[c]c(Cl)c(Cl)[c]c1. The van der Waals surface area contributed by atoms with Crippen LogP contribution in [-0.4, -0.2) is 5.11 Å². The normalized spacial score (nSPS) is 9.56. The van der Waals surface area contributed by atoms with Crippen molar-refractivity contribution in [2.45, 2.75) is 0 Å². The first-order valence-corrected chi connectivity index (χ1v) is 2.93. The molecule has 0 saturated heterocycles. The number of benzene rings is 1. The summed E-state index contributed by atoms with van der Waals surface area (Å²) in [4.78, 5) is 0. The second-order valence-electron chi connectivity index (χ2n) is 1.43. The summed E-state index contributed by atoms with van der Waals surface area (Å²) in [7, 11) is 0. The summed E-state index contributed by atoms with van der Waals surface area (Å²) in [5, 5.41) is 9.17. The van der Waals surface area contributed by atoms with E-state index in [9.17, 15) is 0 Å². The van der Waals surface area contributed by atoms with Crippen molar-refractivity contribution in [3.05, 3.63) is 28.2 Å². The molecule has 3 heteroatoms. The Labute approximate surface area is 62.8 Å². The quantitative estimate of drug-likeness (QED) is 0.618. The summed E-state index contributed by atoms with van der Waals surface area (Å²) in [5.41, 5.74) is 0. The smallest absolute Gasteiger partial charge is 0.125 e. The van der Waals surface area contributed by atoms with Gasteiger partial charge in [-0.1, -0.05) is 23.2 Å². The minimum Gasteiger partial charge on any atom is -0.507 e. The third-order valence-electron chi connectivity index (χ3n) is 0.766. The molecule has 46 valence electrons. The third-order valence-corrected chi connectivity index (χ3v) is 1.44. The molecular formula is C6H2Cl2O. The minimum atomic E-state index is -0.0515. The number of hydrogen-bond donors (Lipinski definition) is 1. The predicted molar refractivity (Wildman–Crippen MR) is 35.8 cm³/mol. The largest absolute Gasteiger partial charge is 0.507 e. The van der Waals surface area contributed by atoms with Crippen LogP contribution in [0.1, 0.15) is 0 Å². The fourth-order valence-corrected chi connectivity index (χ4v) is 0.652. The first-order valence-electron chi connectivity index (χ1n) is 2.18. The minimum absolute atomic E-state index is 0.0515. The van der Waals surface area contributed by atoms with Gasteiger partial charge in [0, 0.05) is 12.1 Å². The van der Waals surface area contributed by atoms with Gasteiger partial charge in [0.15, 0.2) is 0 Å². The van der Waals surface area contributed by atoms with Crippen molar-refractivity contribution in [3.8, 4) is 5.75 Å². The Bertz CT molecular complexity index is 222. The van der Waals surface area contributed by atoms with Crippen molar-refractivity contribution in [2.75, 3.05) is 0 Å². The maximum Gasteiger partial charge on any atom is 0.125 e. The number of phenols is 1. The van der Waals surface area contributed by atoms with E-state index >= 15 is 0 Å². The Hall–Kier alpha value is -0.400. The molecule has 0 aromatic heterocycles. The van der Waals surface area contributed by atoms with Gasteiger partial charge in [-0.2, -0.15) is 0 Å². The zero-order valence-corrected chi connectivity index (χ0v) is 5.79. The summed E-state index contributed by atoms with van der Waals surface area (Å²) in [5.74, 6) is -0.0515. The van der Waals surface area contributed by atoms with E-state index in [0.29, 0.717) is 0 Å². The Morgan fingerprint density at radius 2 is 2.00 bits per heavy atom. The second kappa shape index (κ2) is 2.46. The molecule has 0 unspecified atom stereocenters. The van der Waals surface area contributed by atoms with Gasteiger partial charge in [-0.05, 0) is 6.07 Å². The summed E-state index contributed by atoms with van der Waals surface area (Å²) in [6.07, 6.45) is 0. The van der Waals surface area contributed by atoms with Crippen LogP contribution in [0, 0.1) is 12.1 Å². The molecule has 0 atom stereocenters. The molecule has 0 spiro atoms. The van der Waals surface area contributed by atoms with Gasteiger partial charge in [0.2, 0.25) is 0 Å². The van der Waals surface area contributed by atoms with Crippen LogP contribution in [0.3, 0.4) is 0 Å². The zero-order valence-electron chi connectivity index (χ0n) is 4.28. The lowest BCUT2D eigenvalue weighted by molar-refractivity contribution is 0.474. The molecule has 1 N–H and O–H groups in total. The Balaban J connectivity index is 3.17. The maximum atomic E-state index is 8.71. The highest BCUT2D eigenvalue weighted by Crippen LogP contribution is 2.23. The van der Waals surface area contributed by atoms with Crippen molar-refractivity contribution in [1.82, 2.24) is 0 Å². The molecule has 0 heterocycles. The molecule has 0 aliphatic carbocycles. The highest BCUT2D eigenvalue weighted by atomic mass is 35.5. The highest BCUT2D eigenvalue weighted by Gasteiger charge is 1.96. The summed E-state index contributed by atoms with van der Waals surface area (Å²) in [6.45, 7) is 0. The molecule has 0 fully saturated rings. The van der Waals surface area contributed by atoms with Crippen LogP contribution in [0.4, 0.5) is 0 Å². The molecule has 0 amide bonds. The van der Waals surface area contributed by atoms with Crippen LogP contribution in [-0.2, 0) is 0 Å². The van der Waals surface area contributed by atoms with Crippen LogP contribution in [0.2, 0.25) is 10.0 Å². The monoisotopic (exact) mass is 160 g/mol. The lowest BCUT2D eigenvalue weighted by Crippen LogP contribution is -1.68. The fourth-order valence-electron chi connectivity index (χ4n) is 0.398. The number of halogens is 2. The molecule has 2 radical (unpaired) electrons. The van der Waals surface area contributed by atoms with Gasteiger partial charge in [-0.3, -0.25) is 0 Å². The molecule has 0 aliphatic heterocycles. The topological polar surface area (TPSA) is 20.2 Å². The lowest BCUT2D eigenvalue weighted by Gasteiger charge is -1.91. The zero-order chi connectivity index (χ0) is 6.85. The summed E-state index contributed by atoms with van der Waals surface area (Å²) < 4.78 is 0. The number of aromatic hydroxyl groups is 1. The molecule has 9 heavy (non-hydrogen) atoms. The van der Waals surface area contributed by atoms with Crippen molar-refractivity contribution in [1.29, 1.82) is 0 Å². The average Bonchev–Trinajstić information content (AvgIpc) is 1.80. The van der Waals surface area contributed by atoms with E-state index in [1.165, 1.54) is 6.07 Å². The van der Waals surface area contributed by atoms with Gasteiger partial charge in [-0.25, -0.2) is 0 Å². The standard InChI is InChI=1S/C6H2Cl2O/c7-5-2-1-4(9)3-6(5)8/h1,9H. The fraction of sp³-hybridized carbons (Fsp3) is 0. The molecule has 1 aromatic carbocycles. The first-order chi connectivity index (χ1) is 4.20. The van der Waals surface area contributed by atoms with Gasteiger partial charge < -0.3 is 5.11 Å². The molecule has 0 saturated carbocycles. The number of hydrogen-bond acceptors (Lipinski definition) is 1. The Morgan fingerprint density at radius 1 is 1.33 bits per heavy atom. The van der Waals surface area contributed by atoms with Crippen LogP contribution >= 0.6 is 23.2 Å². The lowest BCUT2D eigenvalue weighted by atomic mass is 10.3. The molecule has 0 bridgehead atoms. The van der Waals surface area contributed by atoms with Crippen LogP contribution < -0.4 is 0 Å². The van der Waals surface area contributed by atoms with E-state index < -0.39 is 0 Å². The maximum absolute atomic E-state index is 8.71. The van der Waals surface area contributed by atoms with E-state index in [0.717, 1.165) is 0 Å². The highest BCUT2D eigenvalue weighted by molar-refractivity contribution is 6.41.